The second-order valence-corrected chi connectivity index (χ2v) is 4.95. The highest BCUT2D eigenvalue weighted by atomic mass is 15.2. The van der Waals surface area contributed by atoms with Gasteiger partial charge in [-0.3, -0.25) is 0 Å². The SMILES string of the molecule is CCNc1nc(NC2CC(C)C2)c2[nH]cnc2n1. The van der Waals surface area contributed by atoms with Gasteiger partial charge in [0.05, 0.1) is 6.33 Å². The molecule has 6 heteroatoms. The molecule has 1 saturated carbocycles. The van der Waals surface area contributed by atoms with Crippen molar-refractivity contribution in [3.63, 3.8) is 0 Å². The van der Waals surface area contributed by atoms with Crippen LogP contribution in [0.25, 0.3) is 11.2 Å². The van der Waals surface area contributed by atoms with Crippen LogP contribution in [0.15, 0.2) is 6.33 Å². The maximum Gasteiger partial charge on any atom is 0.226 e. The summed E-state index contributed by atoms with van der Waals surface area (Å²) >= 11 is 0. The Hall–Kier alpha value is -1.85. The average Bonchev–Trinajstić information content (AvgIpc) is 2.75. The number of nitrogens with zero attached hydrogens (tertiary/aromatic N) is 3. The number of nitrogens with one attached hydrogen (secondary N) is 3. The van der Waals surface area contributed by atoms with Crippen molar-refractivity contribution in [2.24, 2.45) is 5.92 Å². The third-order valence-electron chi connectivity index (χ3n) is 3.34. The minimum absolute atomic E-state index is 0.524. The molecule has 0 amide bonds. The summed E-state index contributed by atoms with van der Waals surface area (Å²) in [5.41, 5.74) is 1.59. The number of imidazole rings is 1. The van der Waals surface area contributed by atoms with Crippen molar-refractivity contribution in [3.05, 3.63) is 6.33 Å². The van der Waals surface area contributed by atoms with Gasteiger partial charge in [0.2, 0.25) is 5.95 Å². The lowest BCUT2D eigenvalue weighted by atomic mass is 9.82. The van der Waals surface area contributed by atoms with Crippen molar-refractivity contribution >= 4 is 22.9 Å². The van der Waals surface area contributed by atoms with E-state index in [1.807, 2.05) is 6.92 Å². The second-order valence-electron chi connectivity index (χ2n) is 4.95. The van der Waals surface area contributed by atoms with Gasteiger partial charge in [0.25, 0.3) is 0 Å². The van der Waals surface area contributed by atoms with Crippen molar-refractivity contribution in [2.45, 2.75) is 32.7 Å². The van der Waals surface area contributed by atoms with Crippen molar-refractivity contribution in [1.29, 1.82) is 0 Å². The maximum atomic E-state index is 4.51. The van der Waals surface area contributed by atoms with Crippen LogP contribution in [0.3, 0.4) is 0 Å². The van der Waals surface area contributed by atoms with Crippen LogP contribution >= 0.6 is 0 Å². The number of aromatic amines is 1. The first-order valence-electron chi connectivity index (χ1n) is 6.47. The summed E-state index contributed by atoms with van der Waals surface area (Å²) in [6.45, 7) is 5.10. The van der Waals surface area contributed by atoms with E-state index in [1.165, 1.54) is 12.8 Å². The molecule has 3 N–H and O–H groups in total. The molecule has 0 radical (unpaired) electrons. The molecule has 3 rings (SSSR count). The van der Waals surface area contributed by atoms with E-state index >= 15 is 0 Å². The quantitative estimate of drug-likeness (QED) is 0.769. The van der Waals surface area contributed by atoms with Crippen molar-refractivity contribution < 1.29 is 0 Å². The van der Waals surface area contributed by atoms with Crippen LogP contribution in [-0.4, -0.2) is 32.5 Å². The zero-order valence-corrected chi connectivity index (χ0v) is 10.7. The molecule has 0 unspecified atom stereocenters. The Kier molecular flexibility index (Phi) is 2.77. The van der Waals surface area contributed by atoms with Gasteiger partial charge in [-0.05, 0) is 25.7 Å². The number of anilines is 2. The summed E-state index contributed by atoms with van der Waals surface area (Å²) < 4.78 is 0. The van der Waals surface area contributed by atoms with Gasteiger partial charge in [-0.15, -0.1) is 0 Å². The molecular formula is C12H18N6. The van der Waals surface area contributed by atoms with Crippen molar-refractivity contribution in [3.8, 4) is 0 Å². The monoisotopic (exact) mass is 246 g/mol. The number of aromatic nitrogens is 4. The molecule has 1 aliphatic carbocycles. The molecule has 18 heavy (non-hydrogen) atoms. The topological polar surface area (TPSA) is 78.5 Å². The van der Waals surface area contributed by atoms with Crippen LogP contribution in [0, 0.1) is 5.92 Å². The number of fused-ring (bicyclic) bond motifs is 1. The van der Waals surface area contributed by atoms with E-state index in [0.29, 0.717) is 17.6 Å². The maximum absolute atomic E-state index is 4.51. The largest absolute Gasteiger partial charge is 0.365 e. The van der Waals surface area contributed by atoms with E-state index < -0.39 is 0 Å². The normalized spacial score (nSPS) is 22.8. The van der Waals surface area contributed by atoms with Gasteiger partial charge in [0, 0.05) is 12.6 Å². The smallest absolute Gasteiger partial charge is 0.226 e. The zero-order chi connectivity index (χ0) is 12.5. The molecule has 0 atom stereocenters. The molecule has 0 saturated heterocycles. The third kappa shape index (κ3) is 1.98. The van der Waals surface area contributed by atoms with Crippen LogP contribution in [0.1, 0.15) is 26.7 Å². The van der Waals surface area contributed by atoms with E-state index in [0.717, 1.165) is 23.8 Å². The average molecular weight is 246 g/mol. The van der Waals surface area contributed by atoms with E-state index in [4.69, 9.17) is 0 Å². The molecule has 2 aromatic heterocycles. The first-order chi connectivity index (χ1) is 8.76. The summed E-state index contributed by atoms with van der Waals surface area (Å²) in [5, 5.41) is 6.61. The standard InChI is InChI=1S/C12H18N6/c1-3-13-12-17-10-9(14-6-15-10)11(18-12)16-8-4-7(2)5-8/h6-8H,3-5H2,1-2H3,(H3,13,14,15,16,17,18). The zero-order valence-electron chi connectivity index (χ0n) is 10.7. The molecule has 1 aliphatic rings. The Balaban J connectivity index is 1.90. The molecule has 2 heterocycles. The predicted octanol–water partition coefficient (Wildman–Crippen LogP) is 2.00. The minimum Gasteiger partial charge on any atom is -0.365 e. The van der Waals surface area contributed by atoms with Gasteiger partial charge in [0.1, 0.15) is 5.52 Å². The van der Waals surface area contributed by atoms with E-state index in [-0.39, 0.29) is 0 Å². The van der Waals surface area contributed by atoms with Gasteiger partial charge in [-0.2, -0.15) is 9.97 Å². The predicted molar refractivity (Wildman–Crippen MR) is 71.7 cm³/mol. The van der Waals surface area contributed by atoms with Crippen LogP contribution in [0.4, 0.5) is 11.8 Å². The molecule has 1 fully saturated rings. The summed E-state index contributed by atoms with van der Waals surface area (Å²) in [6.07, 6.45) is 4.07. The van der Waals surface area contributed by atoms with Crippen LogP contribution in [0.2, 0.25) is 0 Å². The number of rotatable bonds is 4. The van der Waals surface area contributed by atoms with Gasteiger partial charge >= 0.3 is 0 Å². The fourth-order valence-corrected chi connectivity index (χ4v) is 2.39. The van der Waals surface area contributed by atoms with Crippen molar-refractivity contribution in [1.82, 2.24) is 19.9 Å². The molecule has 0 aliphatic heterocycles. The first-order valence-corrected chi connectivity index (χ1v) is 6.47. The summed E-state index contributed by atoms with van der Waals surface area (Å²) in [4.78, 5) is 16.1. The Bertz CT molecular complexity index is 542. The van der Waals surface area contributed by atoms with Gasteiger partial charge in [-0.1, -0.05) is 6.92 Å². The number of hydrogen-bond acceptors (Lipinski definition) is 5. The van der Waals surface area contributed by atoms with Crippen LogP contribution in [0.5, 0.6) is 0 Å². The molecule has 0 bridgehead atoms. The molecular weight excluding hydrogens is 228 g/mol. The van der Waals surface area contributed by atoms with Crippen LogP contribution < -0.4 is 10.6 Å². The highest BCUT2D eigenvalue weighted by molar-refractivity contribution is 5.83. The minimum atomic E-state index is 0.524. The van der Waals surface area contributed by atoms with Gasteiger partial charge in [-0.25, -0.2) is 4.98 Å². The second kappa shape index (κ2) is 4.44. The molecule has 0 spiro atoms. The fraction of sp³-hybridized carbons (Fsp3) is 0.583. The van der Waals surface area contributed by atoms with Gasteiger partial charge in [0.15, 0.2) is 11.5 Å². The highest BCUT2D eigenvalue weighted by Gasteiger charge is 2.26. The Morgan fingerprint density at radius 1 is 1.39 bits per heavy atom. The van der Waals surface area contributed by atoms with E-state index in [2.05, 4.69) is 37.5 Å². The number of H-pyrrole nitrogens is 1. The molecule has 96 valence electrons. The summed E-state index contributed by atoms with van der Waals surface area (Å²) in [5.74, 6) is 2.30. The van der Waals surface area contributed by atoms with E-state index in [1.54, 1.807) is 6.33 Å². The van der Waals surface area contributed by atoms with Gasteiger partial charge < -0.3 is 15.6 Å². The van der Waals surface area contributed by atoms with Crippen molar-refractivity contribution in [2.75, 3.05) is 17.2 Å². The van der Waals surface area contributed by atoms with E-state index in [9.17, 15) is 0 Å². The third-order valence-corrected chi connectivity index (χ3v) is 3.34. The lowest BCUT2D eigenvalue weighted by Crippen LogP contribution is -2.34. The summed E-state index contributed by atoms with van der Waals surface area (Å²) in [7, 11) is 0. The molecule has 6 nitrogen and oxygen atoms in total. The fourth-order valence-electron chi connectivity index (χ4n) is 2.39. The Labute approximate surface area is 106 Å². The molecule has 0 aromatic carbocycles. The molecule has 2 aromatic rings. The lowest BCUT2D eigenvalue weighted by molar-refractivity contribution is 0.309. The summed E-state index contributed by atoms with van der Waals surface area (Å²) in [6, 6.07) is 0.524. The lowest BCUT2D eigenvalue weighted by Gasteiger charge is -2.33. The highest BCUT2D eigenvalue weighted by Crippen LogP contribution is 2.30. The first kappa shape index (κ1) is 11.3. The Morgan fingerprint density at radius 3 is 2.94 bits per heavy atom. The van der Waals surface area contributed by atoms with Crippen LogP contribution in [-0.2, 0) is 0 Å². The number of hydrogen-bond donors (Lipinski definition) is 3. The Morgan fingerprint density at radius 2 is 2.22 bits per heavy atom.